The standard InChI is InChI=1S/C21H21ClN4O5/c1-13(19-23-18-12-15(22)6-9-17(18)21(28)24(19)2)25(10-11-31-3)20(27)14-4-7-16(8-5-14)26(29)30/h4-9,12-13H,10-11H2,1-3H3. The van der Waals surface area contributed by atoms with E-state index in [1.807, 2.05) is 0 Å². The van der Waals surface area contributed by atoms with Crippen LogP contribution in [0.2, 0.25) is 5.02 Å². The molecule has 3 rings (SSSR count). The number of carbonyl (C=O) groups is 1. The summed E-state index contributed by atoms with van der Waals surface area (Å²) in [5, 5.41) is 11.8. The number of hydrogen-bond acceptors (Lipinski definition) is 6. The van der Waals surface area contributed by atoms with Crippen LogP contribution < -0.4 is 5.56 Å². The highest BCUT2D eigenvalue weighted by Crippen LogP contribution is 2.23. The summed E-state index contributed by atoms with van der Waals surface area (Å²) >= 11 is 6.06. The third-order valence-corrected chi connectivity index (χ3v) is 5.27. The van der Waals surface area contributed by atoms with Crippen molar-refractivity contribution in [2.45, 2.75) is 13.0 Å². The van der Waals surface area contributed by atoms with Crippen molar-refractivity contribution in [2.75, 3.05) is 20.3 Å². The van der Waals surface area contributed by atoms with E-state index in [-0.39, 0.29) is 35.9 Å². The van der Waals surface area contributed by atoms with E-state index in [1.165, 1.54) is 40.8 Å². The number of rotatable bonds is 7. The van der Waals surface area contributed by atoms with Gasteiger partial charge in [0.2, 0.25) is 0 Å². The molecule has 1 aromatic heterocycles. The summed E-state index contributed by atoms with van der Waals surface area (Å²) in [6.07, 6.45) is 0. The summed E-state index contributed by atoms with van der Waals surface area (Å²) in [7, 11) is 3.12. The van der Waals surface area contributed by atoms with E-state index in [4.69, 9.17) is 16.3 Å². The minimum absolute atomic E-state index is 0.108. The third-order valence-electron chi connectivity index (χ3n) is 5.04. The largest absolute Gasteiger partial charge is 0.383 e. The van der Waals surface area contributed by atoms with Gasteiger partial charge in [0.1, 0.15) is 5.82 Å². The molecule has 1 amide bonds. The third kappa shape index (κ3) is 4.57. The van der Waals surface area contributed by atoms with Crippen LogP contribution in [-0.2, 0) is 11.8 Å². The first-order chi connectivity index (χ1) is 14.7. The van der Waals surface area contributed by atoms with Crippen LogP contribution in [0, 0.1) is 10.1 Å². The highest BCUT2D eigenvalue weighted by Gasteiger charge is 2.26. The lowest BCUT2D eigenvalue weighted by atomic mass is 10.1. The molecule has 0 saturated carbocycles. The summed E-state index contributed by atoms with van der Waals surface area (Å²) < 4.78 is 6.55. The lowest BCUT2D eigenvalue weighted by molar-refractivity contribution is -0.384. The topological polar surface area (TPSA) is 108 Å². The molecular weight excluding hydrogens is 424 g/mol. The second-order valence-electron chi connectivity index (χ2n) is 6.97. The van der Waals surface area contributed by atoms with E-state index in [0.717, 1.165) is 0 Å². The molecule has 0 aliphatic carbocycles. The molecule has 0 spiro atoms. The molecule has 0 saturated heterocycles. The van der Waals surface area contributed by atoms with Crippen LogP contribution in [0.3, 0.4) is 0 Å². The number of nitro benzene ring substituents is 1. The Kier molecular flexibility index (Phi) is 6.67. The first kappa shape index (κ1) is 22.4. The van der Waals surface area contributed by atoms with E-state index >= 15 is 0 Å². The lowest BCUT2D eigenvalue weighted by Crippen LogP contribution is -2.39. The Labute approximate surface area is 183 Å². The minimum Gasteiger partial charge on any atom is -0.383 e. The molecule has 1 heterocycles. The number of benzene rings is 2. The second-order valence-corrected chi connectivity index (χ2v) is 7.40. The maximum absolute atomic E-state index is 13.2. The van der Waals surface area contributed by atoms with Crippen molar-refractivity contribution in [2.24, 2.45) is 7.05 Å². The number of carbonyl (C=O) groups excluding carboxylic acids is 1. The second kappa shape index (κ2) is 9.23. The van der Waals surface area contributed by atoms with Gasteiger partial charge in [-0.1, -0.05) is 11.6 Å². The highest BCUT2D eigenvalue weighted by molar-refractivity contribution is 6.31. The maximum atomic E-state index is 13.2. The molecule has 1 atom stereocenters. The number of methoxy groups -OCH3 is 1. The van der Waals surface area contributed by atoms with Gasteiger partial charge in [0.05, 0.1) is 28.5 Å². The van der Waals surface area contributed by atoms with Gasteiger partial charge in [-0.3, -0.25) is 24.3 Å². The number of fused-ring (bicyclic) bond motifs is 1. The molecule has 0 radical (unpaired) electrons. The molecule has 162 valence electrons. The van der Waals surface area contributed by atoms with Gasteiger partial charge in [0, 0.05) is 43.4 Å². The molecule has 31 heavy (non-hydrogen) atoms. The van der Waals surface area contributed by atoms with Crippen LogP contribution >= 0.6 is 11.6 Å². The molecule has 10 heteroatoms. The quantitative estimate of drug-likeness (QED) is 0.408. The molecule has 2 aromatic carbocycles. The van der Waals surface area contributed by atoms with E-state index in [2.05, 4.69) is 4.98 Å². The zero-order valence-electron chi connectivity index (χ0n) is 17.2. The number of hydrogen-bond donors (Lipinski definition) is 0. The number of nitro groups is 1. The van der Waals surface area contributed by atoms with Gasteiger partial charge in [-0.05, 0) is 37.3 Å². The Hall–Kier alpha value is -3.30. The monoisotopic (exact) mass is 444 g/mol. The number of amides is 1. The predicted molar refractivity (Wildman–Crippen MR) is 116 cm³/mol. The van der Waals surface area contributed by atoms with E-state index in [0.29, 0.717) is 21.7 Å². The fourth-order valence-electron chi connectivity index (χ4n) is 3.33. The van der Waals surface area contributed by atoms with Crippen molar-refractivity contribution in [3.05, 3.63) is 79.3 Å². The zero-order chi connectivity index (χ0) is 22.7. The Morgan fingerprint density at radius 3 is 2.58 bits per heavy atom. The Morgan fingerprint density at radius 1 is 1.29 bits per heavy atom. The molecule has 1 unspecified atom stereocenters. The van der Waals surface area contributed by atoms with E-state index in [9.17, 15) is 19.7 Å². The Bertz CT molecular complexity index is 1190. The highest BCUT2D eigenvalue weighted by atomic mass is 35.5. The first-order valence-corrected chi connectivity index (χ1v) is 9.83. The maximum Gasteiger partial charge on any atom is 0.269 e. The number of nitrogens with zero attached hydrogens (tertiary/aromatic N) is 4. The molecule has 0 bridgehead atoms. The van der Waals surface area contributed by atoms with Gasteiger partial charge in [0.15, 0.2) is 0 Å². The molecule has 0 aliphatic heterocycles. The average molecular weight is 445 g/mol. The molecular formula is C21H21ClN4O5. The molecule has 0 fully saturated rings. The molecule has 3 aromatic rings. The van der Waals surface area contributed by atoms with Gasteiger partial charge in [-0.25, -0.2) is 4.98 Å². The molecule has 0 N–H and O–H groups in total. The SMILES string of the molecule is COCCN(C(=O)c1ccc([N+](=O)[O-])cc1)C(C)c1nc2cc(Cl)ccc2c(=O)n1C. The Morgan fingerprint density at radius 2 is 1.97 bits per heavy atom. The predicted octanol–water partition coefficient (Wildman–Crippen LogP) is 3.34. The van der Waals surface area contributed by atoms with Crippen LogP contribution in [-0.4, -0.2) is 45.5 Å². The smallest absolute Gasteiger partial charge is 0.269 e. The van der Waals surface area contributed by atoms with Gasteiger partial charge in [-0.15, -0.1) is 0 Å². The van der Waals surface area contributed by atoms with Gasteiger partial charge in [0.25, 0.3) is 17.2 Å². The normalized spacial score (nSPS) is 12.0. The van der Waals surface area contributed by atoms with Crippen molar-refractivity contribution in [1.29, 1.82) is 0 Å². The number of aromatic nitrogens is 2. The van der Waals surface area contributed by atoms with E-state index < -0.39 is 11.0 Å². The van der Waals surface area contributed by atoms with Crippen molar-refractivity contribution in [3.63, 3.8) is 0 Å². The summed E-state index contributed by atoms with van der Waals surface area (Å²) in [5.41, 5.74) is 0.357. The average Bonchev–Trinajstić information content (AvgIpc) is 2.76. The van der Waals surface area contributed by atoms with E-state index in [1.54, 1.807) is 32.2 Å². The summed E-state index contributed by atoms with van der Waals surface area (Å²) in [5.74, 6) is 0.0195. The summed E-state index contributed by atoms with van der Waals surface area (Å²) in [6.45, 7) is 2.25. The Balaban J connectivity index is 2.04. The molecule has 0 aliphatic rings. The molecule has 9 nitrogen and oxygen atoms in total. The summed E-state index contributed by atoms with van der Waals surface area (Å²) in [6, 6.07) is 9.62. The fourth-order valence-corrected chi connectivity index (χ4v) is 3.49. The van der Waals surface area contributed by atoms with Crippen molar-refractivity contribution >= 4 is 34.1 Å². The van der Waals surface area contributed by atoms with Crippen LogP contribution in [0.25, 0.3) is 10.9 Å². The number of ether oxygens (including phenoxy) is 1. The zero-order valence-corrected chi connectivity index (χ0v) is 18.0. The number of non-ortho nitro benzene ring substituents is 1. The van der Waals surface area contributed by atoms with Crippen LogP contribution in [0.4, 0.5) is 5.69 Å². The first-order valence-electron chi connectivity index (χ1n) is 9.45. The lowest BCUT2D eigenvalue weighted by Gasteiger charge is -2.30. The van der Waals surface area contributed by atoms with Gasteiger partial charge < -0.3 is 9.64 Å². The van der Waals surface area contributed by atoms with Crippen molar-refractivity contribution < 1.29 is 14.5 Å². The van der Waals surface area contributed by atoms with Crippen molar-refractivity contribution in [1.82, 2.24) is 14.5 Å². The fraction of sp³-hybridized carbons (Fsp3) is 0.286. The summed E-state index contributed by atoms with van der Waals surface area (Å²) in [4.78, 5) is 42.5. The van der Waals surface area contributed by atoms with Gasteiger partial charge >= 0.3 is 0 Å². The minimum atomic E-state index is -0.584. The number of halogens is 1. The van der Waals surface area contributed by atoms with Crippen LogP contribution in [0.5, 0.6) is 0 Å². The van der Waals surface area contributed by atoms with Crippen LogP contribution in [0.15, 0.2) is 47.3 Å². The van der Waals surface area contributed by atoms with Gasteiger partial charge in [-0.2, -0.15) is 0 Å². The van der Waals surface area contributed by atoms with Crippen molar-refractivity contribution in [3.8, 4) is 0 Å². The van der Waals surface area contributed by atoms with Crippen LogP contribution in [0.1, 0.15) is 29.1 Å².